The lowest BCUT2D eigenvalue weighted by Gasteiger charge is -2.11. The van der Waals surface area contributed by atoms with Gasteiger partial charge >= 0.3 is 5.97 Å². The van der Waals surface area contributed by atoms with Crippen molar-refractivity contribution in [3.63, 3.8) is 0 Å². The molecule has 0 saturated heterocycles. The maximum Gasteiger partial charge on any atom is 0.305 e. The van der Waals surface area contributed by atoms with E-state index in [-0.39, 0.29) is 19.2 Å². The van der Waals surface area contributed by atoms with Gasteiger partial charge in [-0.1, -0.05) is 0 Å². The first kappa shape index (κ1) is 12.3. The Labute approximate surface area is 77.3 Å². The number of carbonyl (C=O) groups excluding carboxylic acids is 1. The number of esters is 1. The summed E-state index contributed by atoms with van der Waals surface area (Å²) in [6.07, 6.45) is 0.279. The van der Waals surface area contributed by atoms with Crippen molar-refractivity contribution in [1.29, 1.82) is 0 Å². The van der Waals surface area contributed by atoms with Crippen LogP contribution in [0.1, 0.15) is 12.8 Å². The topological polar surface area (TPSA) is 76.0 Å². The highest BCUT2D eigenvalue weighted by Gasteiger charge is 2.06. The van der Waals surface area contributed by atoms with Crippen LogP contribution in [0, 0.1) is 0 Å². The van der Waals surface area contributed by atoms with Gasteiger partial charge in [0.2, 0.25) is 0 Å². The van der Waals surface area contributed by atoms with Crippen molar-refractivity contribution in [1.82, 2.24) is 0 Å². The predicted molar refractivity (Wildman–Crippen MR) is 45.2 cm³/mol. The number of aliphatic hydroxyl groups excluding tert-OH is 2. The smallest absolute Gasteiger partial charge is 0.305 e. The van der Waals surface area contributed by atoms with Gasteiger partial charge in [-0.15, -0.1) is 0 Å². The second-order valence-corrected chi connectivity index (χ2v) is 2.54. The van der Waals surface area contributed by atoms with E-state index < -0.39 is 6.10 Å². The summed E-state index contributed by atoms with van der Waals surface area (Å²) in [5.41, 5.74) is 0. The molecule has 0 bridgehead atoms. The zero-order valence-electron chi connectivity index (χ0n) is 7.73. The number of rotatable bonds is 7. The Hall–Kier alpha value is -0.650. The summed E-state index contributed by atoms with van der Waals surface area (Å²) < 4.78 is 9.44. The van der Waals surface area contributed by atoms with Gasteiger partial charge in [0.25, 0.3) is 0 Å². The highest BCUT2D eigenvalue weighted by atomic mass is 16.5. The minimum absolute atomic E-state index is 0.214. The summed E-state index contributed by atoms with van der Waals surface area (Å²) in [4.78, 5) is 10.6. The summed E-state index contributed by atoms with van der Waals surface area (Å²) in [6, 6.07) is 0. The van der Waals surface area contributed by atoms with Crippen molar-refractivity contribution >= 4 is 5.97 Å². The Kier molecular flexibility index (Phi) is 7.57. The lowest BCUT2D eigenvalue weighted by Crippen LogP contribution is -2.22. The van der Waals surface area contributed by atoms with Gasteiger partial charge in [-0.25, -0.2) is 0 Å². The molecule has 0 fully saturated rings. The fourth-order valence-corrected chi connectivity index (χ4v) is 0.732. The van der Waals surface area contributed by atoms with Gasteiger partial charge in [0.05, 0.1) is 20.3 Å². The van der Waals surface area contributed by atoms with Crippen molar-refractivity contribution in [2.45, 2.75) is 18.9 Å². The summed E-state index contributed by atoms with van der Waals surface area (Å²) in [7, 11) is 1.33. The molecule has 0 spiro atoms. The van der Waals surface area contributed by atoms with E-state index in [9.17, 15) is 4.79 Å². The van der Waals surface area contributed by atoms with E-state index in [1.54, 1.807) is 0 Å². The number of hydrogen-bond acceptors (Lipinski definition) is 5. The third-order valence-corrected chi connectivity index (χ3v) is 1.51. The first-order valence-electron chi connectivity index (χ1n) is 4.14. The quantitative estimate of drug-likeness (QED) is 0.412. The minimum Gasteiger partial charge on any atom is -0.469 e. The Bertz CT molecular complexity index is 132. The predicted octanol–water partition coefficient (Wildman–Crippen LogP) is -0.691. The maximum atomic E-state index is 10.6. The van der Waals surface area contributed by atoms with Crippen LogP contribution >= 0.6 is 0 Å². The Balaban J connectivity index is 3.28. The standard InChI is InChI=1S/C8H16O5/c1-12-8(11)3-2-4-13-7(5-9)6-10/h7,9-10H,2-6H2,1H3. The van der Waals surface area contributed by atoms with Crippen LogP contribution in [-0.4, -0.2) is 49.2 Å². The number of aliphatic hydroxyl groups is 2. The van der Waals surface area contributed by atoms with E-state index >= 15 is 0 Å². The van der Waals surface area contributed by atoms with E-state index in [1.165, 1.54) is 7.11 Å². The van der Waals surface area contributed by atoms with Crippen LogP contribution in [-0.2, 0) is 14.3 Å². The zero-order chi connectivity index (χ0) is 10.1. The summed E-state index contributed by atoms with van der Waals surface area (Å²) in [5, 5.41) is 17.2. The van der Waals surface area contributed by atoms with Gasteiger partial charge in [-0.3, -0.25) is 4.79 Å². The third-order valence-electron chi connectivity index (χ3n) is 1.51. The lowest BCUT2D eigenvalue weighted by atomic mass is 10.3. The summed E-state index contributed by atoms with van der Waals surface area (Å²) >= 11 is 0. The van der Waals surface area contributed by atoms with Crippen LogP contribution in [0.2, 0.25) is 0 Å². The van der Waals surface area contributed by atoms with E-state index in [0.29, 0.717) is 19.4 Å². The molecule has 0 heterocycles. The van der Waals surface area contributed by atoms with E-state index in [1.807, 2.05) is 0 Å². The Morgan fingerprint density at radius 2 is 2.00 bits per heavy atom. The van der Waals surface area contributed by atoms with Crippen LogP contribution in [0.4, 0.5) is 0 Å². The molecule has 0 aromatic carbocycles. The Morgan fingerprint density at radius 1 is 1.38 bits per heavy atom. The largest absolute Gasteiger partial charge is 0.469 e. The molecule has 0 saturated carbocycles. The average Bonchev–Trinajstić information content (AvgIpc) is 2.18. The molecule has 0 aliphatic heterocycles. The van der Waals surface area contributed by atoms with Gasteiger partial charge in [0.1, 0.15) is 6.10 Å². The molecule has 78 valence electrons. The third kappa shape index (κ3) is 6.51. The molecule has 0 aromatic rings. The van der Waals surface area contributed by atoms with Crippen molar-refractivity contribution < 1.29 is 24.5 Å². The van der Waals surface area contributed by atoms with E-state index in [2.05, 4.69) is 4.74 Å². The number of hydrogen-bond donors (Lipinski definition) is 2. The molecule has 13 heavy (non-hydrogen) atoms. The molecule has 5 heteroatoms. The molecule has 0 aromatic heterocycles. The monoisotopic (exact) mass is 192 g/mol. The number of ether oxygens (including phenoxy) is 2. The second kappa shape index (κ2) is 7.97. The molecule has 0 radical (unpaired) electrons. The van der Waals surface area contributed by atoms with Crippen molar-refractivity contribution in [2.24, 2.45) is 0 Å². The fraction of sp³-hybridized carbons (Fsp3) is 0.875. The van der Waals surface area contributed by atoms with Gasteiger partial charge < -0.3 is 19.7 Å². The van der Waals surface area contributed by atoms with E-state index in [4.69, 9.17) is 14.9 Å². The van der Waals surface area contributed by atoms with E-state index in [0.717, 1.165) is 0 Å². The normalized spacial score (nSPS) is 10.5. The minimum atomic E-state index is -0.544. The fourth-order valence-electron chi connectivity index (χ4n) is 0.732. The molecule has 0 rings (SSSR count). The molecule has 0 unspecified atom stereocenters. The van der Waals surface area contributed by atoms with Crippen LogP contribution in [0.3, 0.4) is 0 Å². The summed E-state index contributed by atoms with van der Waals surface area (Å²) in [6.45, 7) is -0.0929. The van der Waals surface area contributed by atoms with Gasteiger partial charge in [0.15, 0.2) is 0 Å². The van der Waals surface area contributed by atoms with Crippen LogP contribution in [0.5, 0.6) is 0 Å². The van der Waals surface area contributed by atoms with Crippen molar-refractivity contribution in [3.05, 3.63) is 0 Å². The van der Waals surface area contributed by atoms with Gasteiger partial charge in [0, 0.05) is 13.0 Å². The highest BCUT2D eigenvalue weighted by molar-refractivity contribution is 5.68. The summed E-state index contributed by atoms with van der Waals surface area (Å²) in [5.74, 6) is -0.284. The SMILES string of the molecule is COC(=O)CCCOC(CO)CO. The number of carbonyl (C=O) groups is 1. The first-order chi connectivity index (χ1) is 6.24. The first-order valence-corrected chi connectivity index (χ1v) is 4.14. The number of methoxy groups -OCH3 is 1. The van der Waals surface area contributed by atoms with Crippen LogP contribution in [0.25, 0.3) is 0 Å². The molecule has 0 atom stereocenters. The molecule has 0 amide bonds. The molecule has 5 nitrogen and oxygen atoms in total. The Morgan fingerprint density at radius 3 is 2.46 bits per heavy atom. The zero-order valence-corrected chi connectivity index (χ0v) is 7.73. The highest BCUT2D eigenvalue weighted by Crippen LogP contribution is 1.96. The maximum absolute atomic E-state index is 10.6. The molecular formula is C8H16O5. The van der Waals surface area contributed by atoms with Crippen molar-refractivity contribution in [3.8, 4) is 0 Å². The molecule has 0 aliphatic carbocycles. The van der Waals surface area contributed by atoms with Crippen molar-refractivity contribution in [2.75, 3.05) is 26.9 Å². The van der Waals surface area contributed by atoms with Gasteiger partial charge in [-0.2, -0.15) is 0 Å². The molecule has 0 aliphatic rings. The average molecular weight is 192 g/mol. The lowest BCUT2D eigenvalue weighted by molar-refractivity contribution is -0.141. The second-order valence-electron chi connectivity index (χ2n) is 2.54. The van der Waals surface area contributed by atoms with Crippen LogP contribution < -0.4 is 0 Å². The van der Waals surface area contributed by atoms with Crippen LogP contribution in [0.15, 0.2) is 0 Å². The molecular weight excluding hydrogens is 176 g/mol. The van der Waals surface area contributed by atoms with Gasteiger partial charge in [-0.05, 0) is 6.42 Å². The molecule has 2 N–H and O–H groups in total.